The summed E-state index contributed by atoms with van der Waals surface area (Å²) in [5, 5.41) is 13.3. The molecule has 2 fully saturated rings. The maximum absolute atomic E-state index is 12.5. The Morgan fingerprint density at radius 1 is 1.17 bits per heavy atom. The van der Waals surface area contributed by atoms with Crippen LogP contribution in [0.4, 0.5) is 18.9 Å². The van der Waals surface area contributed by atoms with Gasteiger partial charge in [0.25, 0.3) is 0 Å². The van der Waals surface area contributed by atoms with Gasteiger partial charge in [-0.15, -0.1) is 24.0 Å². The third-order valence-corrected chi connectivity index (χ3v) is 5.34. The van der Waals surface area contributed by atoms with Crippen LogP contribution in [0.3, 0.4) is 0 Å². The smallest absolute Gasteiger partial charge is 0.401 e. The van der Waals surface area contributed by atoms with Gasteiger partial charge in [0, 0.05) is 46.3 Å². The van der Waals surface area contributed by atoms with Crippen LogP contribution in [0, 0.1) is 5.92 Å². The van der Waals surface area contributed by atoms with Crippen LogP contribution in [-0.4, -0.2) is 86.4 Å². The molecule has 2 aliphatic heterocycles. The maximum atomic E-state index is 12.5. The number of phenolic OH excluding ortho intramolecular Hbond substituents is 1. The van der Waals surface area contributed by atoms with Crippen LogP contribution in [0.25, 0.3) is 0 Å². The fraction of sp³-hybridized carbons (Fsp3) is 0.632. The van der Waals surface area contributed by atoms with E-state index >= 15 is 0 Å². The van der Waals surface area contributed by atoms with Crippen LogP contribution in [0.1, 0.15) is 6.42 Å². The summed E-state index contributed by atoms with van der Waals surface area (Å²) in [5.74, 6) is 1.26. The van der Waals surface area contributed by atoms with Crippen molar-refractivity contribution in [3.8, 4) is 5.75 Å². The molecule has 2 heterocycles. The zero-order valence-corrected chi connectivity index (χ0v) is 18.9. The molecule has 0 radical (unpaired) electrons. The fourth-order valence-corrected chi connectivity index (χ4v) is 3.94. The summed E-state index contributed by atoms with van der Waals surface area (Å²) in [5.41, 5.74) is 0.834. The number of piperazine rings is 1. The molecule has 29 heavy (non-hydrogen) atoms. The van der Waals surface area contributed by atoms with Crippen molar-refractivity contribution in [3.05, 3.63) is 24.3 Å². The Bertz CT molecular complexity index is 680. The van der Waals surface area contributed by atoms with Gasteiger partial charge in [-0.25, -0.2) is 0 Å². The van der Waals surface area contributed by atoms with E-state index < -0.39 is 12.7 Å². The summed E-state index contributed by atoms with van der Waals surface area (Å²) in [7, 11) is 1.72. The highest BCUT2D eigenvalue weighted by Gasteiger charge is 2.34. The van der Waals surface area contributed by atoms with E-state index in [0.717, 1.165) is 44.2 Å². The maximum Gasteiger partial charge on any atom is 0.401 e. The number of aliphatic imine (C=N–C) groups is 1. The van der Waals surface area contributed by atoms with Gasteiger partial charge in [0.15, 0.2) is 5.96 Å². The predicted molar refractivity (Wildman–Crippen MR) is 119 cm³/mol. The van der Waals surface area contributed by atoms with Crippen molar-refractivity contribution in [2.45, 2.75) is 12.6 Å². The Hall–Kier alpha value is -1.43. The van der Waals surface area contributed by atoms with Crippen LogP contribution < -0.4 is 10.2 Å². The molecule has 1 unspecified atom stereocenters. The number of guanidine groups is 1. The average molecular weight is 527 g/mol. The quantitative estimate of drug-likeness (QED) is 0.359. The molecular weight excluding hydrogens is 498 g/mol. The van der Waals surface area contributed by atoms with Crippen LogP contribution in [0.5, 0.6) is 5.75 Å². The van der Waals surface area contributed by atoms with Gasteiger partial charge < -0.3 is 20.2 Å². The third kappa shape index (κ3) is 6.80. The standard InChI is InChI=1S/C19H28F3N5O.HI/c1-23-18(24-12-15-6-7-25(13-15)14-19(20,21)22)27-10-8-26(9-11-27)16-4-2-3-5-17(16)28;/h2-5,15,28H,6-14H2,1H3,(H,23,24);1H. The highest BCUT2D eigenvalue weighted by atomic mass is 127. The number of nitrogens with one attached hydrogen (secondary N) is 1. The van der Waals surface area contributed by atoms with E-state index in [-0.39, 0.29) is 35.6 Å². The van der Waals surface area contributed by atoms with Crippen LogP contribution in [0.2, 0.25) is 0 Å². The molecule has 0 bridgehead atoms. The van der Waals surface area contributed by atoms with Gasteiger partial charge >= 0.3 is 6.18 Å². The Morgan fingerprint density at radius 3 is 2.48 bits per heavy atom. The monoisotopic (exact) mass is 527 g/mol. The van der Waals surface area contributed by atoms with Crippen LogP contribution in [0.15, 0.2) is 29.3 Å². The first-order chi connectivity index (χ1) is 13.4. The lowest BCUT2D eigenvalue weighted by Gasteiger charge is -2.38. The molecule has 2 saturated heterocycles. The molecule has 1 aromatic rings. The second kappa shape index (κ2) is 10.6. The Morgan fingerprint density at radius 2 is 1.86 bits per heavy atom. The van der Waals surface area contributed by atoms with E-state index in [2.05, 4.69) is 20.1 Å². The highest BCUT2D eigenvalue weighted by Crippen LogP contribution is 2.27. The topological polar surface area (TPSA) is 54.3 Å². The van der Waals surface area contributed by atoms with Crippen LogP contribution in [-0.2, 0) is 0 Å². The fourth-order valence-electron chi connectivity index (χ4n) is 3.94. The number of benzene rings is 1. The van der Waals surface area contributed by atoms with Crippen LogP contribution >= 0.6 is 24.0 Å². The number of nitrogens with zero attached hydrogens (tertiary/aromatic N) is 4. The number of rotatable bonds is 4. The van der Waals surface area contributed by atoms with Gasteiger partial charge in [-0.2, -0.15) is 13.2 Å². The second-order valence-electron chi connectivity index (χ2n) is 7.40. The first-order valence-corrected chi connectivity index (χ1v) is 9.63. The van der Waals surface area contributed by atoms with Gasteiger partial charge in [-0.1, -0.05) is 12.1 Å². The molecule has 1 aromatic carbocycles. The number of hydrogen-bond acceptors (Lipinski definition) is 4. The molecule has 6 nitrogen and oxygen atoms in total. The minimum Gasteiger partial charge on any atom is -0.506 e. The van der Waals surface area contributed by atoms with Crippen molar-refractivity contribution >= 4 is 35.6 Å². The zero-order chi connectivity index (χ0) is 20.1. The summed E-state index contributed by atoms with van der Waals surface area (Å²) in [6.45, 7) is 3.81. The Balaban J connectivity index is 0.00000300. The summed E-state index contributed by atoms with van der Waals surface area (Å²) < 4.78 is 37.6. The molecule has 2 aliphatic rings. The SMILES string of the molecule is CN=C(NCC1CCN(CC(F)(F)F)C1)N1CCN(c2ccccc2O)CC1.I. The van der Waals surface area contributed by atoms with E-state index in [0.29, 0.717) is 19.6 Å². The minimum absolute atomic E-state index is 0. The summed E-state index contributed by atoms with van der Waals surface area (Å²) in [4.78, 5) is 10.1. The Labute approximate surface area is 186 Å². The first kappa shape index (κ1) is 23.8. The predicted octanol–water partition coefficient (Wildman–Crippen LogP) is 2.59. The largest absolute Gasteiger partial charge is 0.506 e. The number of para-hydroxylation sites is 2. The molecule has 0 aromatic heterocycles. The van der Waals surface area contributed by atoms with Crippen molar-refractivity contribution in [1.29, 1.82) is 0 Å². The van der Waals surface area contributed by atoms with Crippen molar-refractivity contribution in [1.82, 2.24) is 15.1 Å². The van der Waals surface area contributed by atoms with Crippen molar-refractivity contribution < 1.29 is 18.3 Å². The summed E-state index contributed by atoms with van der Waals surface area (Å²) in [6, 6.07) is 7.31. The van der Waals surface area contributed by atoms with E-state index in [1.54, 1.807) is 19.2 Å². The number of hydrogen-bond donors (Lipinski definition) is 2. The lowest BCUT2D eigenvalue weighted by atomic mass is 10.1. The number of likely N-dealkylation sites (tertiary alicyclic amines) is 1. The second-order valence-corrected chi connectivity index (χ2v) is 7.40. The van der Waals surface area contributed by atoms with E-state index in [9.17, 15) is 18.3 Å². The van der Waals surface area contributed by atoms with Crippen molar-refractivity contribution in [2.24, 2.45) is 10.9 Å². The number of phenols is 1. The molecule has 164 valence electrons. The molecular formula is C19H29F3IN5O. The van der Waals surface area contributed by atoms with Gasteiger partial charge in [-0.05, 0) is 31.0 Å². The minimum atomic E-state index is -4.13. The van der Waals surface area contributed by atoms with Gasteiger partial charge in [-0.3, -0.25) is 9.89 Å². The molecule has 0 aliphatic carbocycles. The lowest BCUT2D eigenvalue weighted by molar-refractivity contribution is -0.143. The van der Waals surface area contributed by atoms with E-state index in [4.69, 9.17) is 0 Å². The average Bonchev–Trinajstić information content (AvgIpc) is 3.09. The highest BCUT2D eigenvalue weighted by molar-refractivity contribution is 14.0. The first-order valence-electron chi connectivity index (χ1n) is 9.63. The van der Waals surface area contributed by atoms with Gasteiger partial charge in [0.05, 0.1) is 12.2 Å². The third-order valence-electron chi connectivity index (χ3n) is 5.34. The normalized spacial score (nSPS) is 21.2. The molecule has 0 saturated carbocycles. The number of alkyl halides is 3. The van der Waals surface area contributed by atoms with E-state index in [1.807, 2.05) is 12.1 Å². The molecule has 0 spiro atoms. The number of anilines is 1. The number of halogens is 4. The van der Waals surface area contributed by atoms with Gasteiger partial charge in [0.2, 0.25) is 0 Å². The van der Waals surface area contributed by atoms with Crippen molar-refractivity contribution in [3.63, 3.8) is 0 Å². The zero-order valence-electron chi connectivity index (χ0n) is 16.5. The summed E-state index contributed by atoms with van der Waals surface area (Å²) >= 11 is 0. The molecule has 2 N–H and O–H groups in total. The summed E-state index contributed by atoms with van der Waals surface area (Å²) in [6.07, 6.45) is -3.37. The van der Waals surface area contributed by atoms with Gasteiger partial charge in [0.1, 0.15) is 5.75 Å². The molecule has 0 amide bonds. The van der Waals surface area contributed by atoms with E-state index in [1.165, 1.54) is 4.90 Å². The van der Waals surface area contributed by atoms with Crippen molar-refractivity contribution in [2.75, 3.05) is 64.3 Å². The molecule has 10 heteroatoms. The molecule has 1 atom stereocenters. The molecule has 3 rings (SSSR count). The Kier molecular flexibility index (Phi) is 8.68. The lowest BCUT2D eigenvalue weighted by Crippen LogP contribution is -2.53. The number of aromatic hydroxyl groups is 1.